The average Bonchev–Trinajstić information content (AvgIpc) is 2.67. The molecule has 2 heterocycles. The van der Waals surface area contributed by atoms with E-state index in [2.05, 4.69) is 15.5 Å². The number of hydrogen-bond acceptors (Lipinski definition) is 3. The van der Waals surface area contributed by atoms with Gasteiger partial charge in [0, 0.05) is 12.1 Å². The highest BCUT2D eigenvalue weighted by Crippen LogP contribution is 2.23. The van der Waals surface area contributed by atoms with Crippen molar-refractivity contribution in [3.8, 4) is 0 Å². The van der Waals surface area contributed by atoms with Crippen LogP contribution in [0.3, 0.4) is 0 Å². The van der Waals surface area contributed by atoms with Crippen molar-refractivity contribution in [2.45, 2.75) is 34.1 Å². The quantitative estimate of drug-likeness (QED) is 0.795. The summed E-state index contributed by atoms with van der Waals surface area (Å²) < 4.78 is 0. The molecule has 1 aliphatic heterocycles. The van der Waals surface area contributed by atoms with Crippen LogP contribution in [0.25, 0.3) is 0 Å². The second-order valence-electron chi connectivity index (χ2n) is 3.68. The van der Waals surface area contributed by atoms with Gasteiger partial charge >= 0.3 is 0 Å². The maximum absolute atomic E-state index is 11.9. The topological polar surface area (TPSA) is 54.9 Å². The van der Waals surface area contributed by atoms with E-state index in [9.17, 15) is 4.79 Å². The monoisotopic (exact) mass is 271 g/mol. The van der Waals surface area contributed by atoms with Crippen LogP contribution in [-0.4, -0.2) is 16.1 Å². The smallest absolute Gasteiger partial charge is 0.257 e. The normalized spacial score (nSPS) is 11.3. The number of aromatic nitrogens is 2. The standard InChI is InChI=1S/C12H9N3O.2C2H6/c16-12-9-5-6-13-15-11(9)7-8-3-1-2-4-10(8)14-12;2*1-2/h1-6H,7H2,(H,14,16);2*1-2H3. The summed E-state index contributed by atoms with van der Waals surface area (Å²) in [6.45, 7) is 8.00. The molecule has 1 amide bonds. The number of carbonyl (C=O) groups is 1. The van der Waals surface area contributed by atoms with E-state index < -0.39 is 0 Å². The lowest BCUT2D eigenvalue weighted by Crippen LogP contribution is -2.12. The van der Waals surface area contributed by atoms with Crippen LogP contribution in [0.5, 0.6) is 0 Å². The molecule has 20 heavy (non-hydrogen) atoms. The molecule has 0 saturated carbocycles. The fraction of sp³-hybridized carbons (Fsp3) is 0.312. The van der Waals surface area contributed by atoms with E-state index >= 15 is 0 Å². The molecule has 0 bridgehead atoms. The number of carbonyl (C=O) groups excluding carboxylic acids is 1. The van der Waals surface area contributed by atoms with Gasteiger partial charge in [0.15, 0.2) is 0 Å². The Hall–Kier alpha value is -2.23. The van der Waals surface area contributed by atoms with Gasteiger partial charge in [-0.15, -0.1) is 0 Å². The van der Waals surface area contributed by atoms with Crippen LogP contribution in [0, 0.1) is 0 Å². The Kier molecular flexibility index (Phi) is 6.37. The molecular formula is C16H21N3O. The fourth-order valence-electron chi connectivity index (χ4n) is 1.86. The van der Waals surface area contributed by atoms with E-state index in [1.54, 1.807) is 6.07 Å². The number of benzene rings is 1. The summed E-state index contributed by atoms with van der Waals surface area (Å²) in [5, 5.41) is 10.7. The van der Waals surface area contributed by atoms with Crippen LogP contribution in [0.15, 0.2) is 36.5 Å². The number of para-hydroxylation sites is 1. The SMILES string of the molecule is CC.CC.O=C1Nc2ccccc2Cc2nnccc21. The molecule has 4 heteroatoms. The maximum Gasteiger partial charge on any atom is 0.257 e. The maximum atomic E-state index is 11.9. The van der Waals surface area contributed by atoms with Crippen molar-refractivity contribution < 1.29 is 4.79 Å². The predicted molar refractivity (Wildman–Crippen MR) is 81.9 cm³/mol. The Labute approximate surface area is 120 Å². The summed E-state index contributed by atoms with van der Waals surface area (Å²) in [7, 11) is 0. The van der Waals surface area contributed by atoms with Gasteiger partial charge in [0.05, 0.1) is 17.5 Å². The van der Waals surface area contributed by atoms with Crippen LogP contribution in [-0.2, 0) is 6.42 Å². The molecule has 1 aromatic heterocycles. The molecule has 1 aromatic carbocycles. The number of rotatable bonds is 0. The molecule has 106 valence electrons. The Morgan fingerprint density at radius 1 is 1.05 bits per heavy atom. The molecule has 3 rings (SSSR count). The molecule has 2 aromatic rings. The molecule has 4 nitrogen and oxygen atoms in total. The van der Waals surface area contributed by atoms with Crippen LogP contribution in [0.4, 0.5) is 5.69 Å². The minimum atomic E-state index is -0.116. The van der Waals surface area contributed by atoms with Gasteiger partial charge in [-0.2, -0.15) is 10.2 Å². The van der Waals surface area contributed by atoms with Gasteiger partial charge < -0.3 is 5.32 Å². The lowest BCUT2D eigenvalue weighted by Gasteiger charge is -2.04. The largest absolute Gasteiger partial charge is 0.322 e. The lowest BCUT2D eigenvalue weighted by atomic mass is 10.1. The summed E-state index contributed by atoms with van der Waals surface area (Å²) >= 11 is 0. The van der Waals surface area contributed by atoms with Gasteiger partial charge in [-0.3, -0.25) is 4.79 Å². The van der Waals surface area contributed by atoms with E-state index in [0.717, 1.165) is 16.9 Å². The second kappa shape index (κ2) is 8.04. The third-order valence-corrected chi connectivity index (χ3v) is 2.67. The third kappa shape index (κ3) is 3.41. The first kappa shape index (κ1) is 15.8. The van der Waals surface area contributed by atoms with E-state index in [1.165, 1.54) is 6.20 Å². The lowest BCUT2D eigenvalue weighted by molar-refractivity contribution is 0.102. The predicted octanol–water partition coefficient (Wildman–Crippen LogP) is 3.69. The highest BCUT2D eigenvalue weighted by molar-refractivity contribution is 6.06. The zero-order chi connectivity index (χ0) is 15.0. The van der Waals surface area contributed by atoms with Crippen LogP contribution in [0.2, 0.25) is 0 Å². The number of nitrogens with one attached hydrogen (secondary N) is 1. The summed E-state index contributed by atoms with van der Waals surface area (Å²) in [5.41, 5.74) is 3.25. The second-order valence-corrected chi connectivity index (χ2v) is 3.68. The molecule has 0 fully saturated rings. The third-order valence-electron chi connectivity index (χ3n) is 2.67. The van der Waals surface area contributed by atoms with Crippen molar-refractivity contribution in [3.63, 3.8) is 0 Å². The van der Waals surface area contributed by atoms with E-state index in [4.69, 9.17) is 0 Å². The highest BCUT2D eigenvalue weighted by Gasteiger charge is 2.19. The summed E-state index contributed by atoms with van der Waals surface area (Å²) in [5.74, 6) is -0.116. The van der Waals surface area contributed by atoms with Gasteiger partial charge in [0.25, 0.3) is 5.91 Å². The van der Waals surface area contributed by atoms with Crippen molar-refractivity contribution in [1.29, 1.82) is 0 Å². The van der Waals surface area contributed by atoms with Gasteiger partial charge in [0.2, 0.25) is 0 Å². The first-order valence-corrected chi connectivity index (χ1v) is 7.04. The first-order valence-electron chi connectivity index (χ1n) is 7.04. The van der Waals surface area contributed by atoms with E-state index in [0.29, 0.717) is 12.0 Å². The van der Waals surface area contributed by atoms with E-state index in [-0.39, 0.29) is 5.91 Å². The van der Waals surface area contributed by atoms with Crippen LogP contribution >= 0.6 is 0 Å². The zero-order valence-corrected chi connectivity index (χ0v) is 12.5. The Morgan fingerprint density at radius 3 is 2.50 bits per heavy atom. The van der Waals surface area contributed by atoms with Gasteiger partial charge in [-0.25, -0.2) is 0 Å². The Morgan fingerprint density at radius 2 is 1.75 bits per heavy atom. The van der Waals surface area contributed by atoms with Crippen molar-refractivity contribution in [1.82, 2.24) is 10.2 Å². The molecule has 0 unspecified atom stereocenters. The molecule has 0 saturated heterocycles. The minimum absolute atomic E-state index is 0.116. The van der Waals surface area contributed by atoms with Gasteiger partial charge in [-0.05, 0) is 17.7 Å². The molecule has 0 radical (unpaired) electrons. The molecule has 0 atom stereocenters. The first-order chi connectivity index (χ1) is 9.84. The molecule has 1 N–H and O–H groups in total. The number of anilines is 1. The molecule has 0 spiro atoms. The summed E-state index contributed by atoms with van der Waals surface area (Å²) in [4.78, 5) is 11.9. The number of nitrogens with zero attached hydrogens (tertiary/aromatic N) is 2. The molecule has 0 aliphatic carbocycles. The zero-order valence-electron chi connectivity index (χ0n) is 12.5. The highest BCUT2D eigenvalue weighted by atomic mass is 16.1. The summed E-state index contributed by atoms with van der Waals surface area (Å²) in [6, 6.07) is 9.43. The number of fused-ring (bicyclic) bond motifs is 2. The van der Waals surface area contributed by atoms with Crippen LogP contribution < -0.4 is 5.32 Å². The number of amides is 1. The Balaban J connectivity index is 0.000000461. The molecule has 1 aliphatic rings. The number of hydrogen-bond donors (Lipinski definition) is 1. The van der Waals surface area contributed by atoms with Gasteiger partial charge in [0.1, 0.15) is 0 Å². The van der Waals surface area contributed by atoms with Crippen molar-refractivity contribution >= 4 is 11.6 Å². The van der Waals surface area contributed by atoms with Crippen molar-refractivity contribution in [3.05, 3.63) is 53.3 Å². The van der Waals surface area contributed by atoms with Crippen LogP contribution in [0.1, 0.15) is 49.3 Å². The van der Waals surface area contributed by atoms with Crippen molar-refractivity contribution in [2.75, 3.05) is 5.32 Å². The minimum Gasteiger partial charge on any atom is -0.322 e. The summed E-state index contributed by atoms with van der Waals surface area (Å²) in [6.07, 6.45) is 2.17. The van der Waals surface area contributed by atoms with E-state index in [1.807, 2.05) is 52.0 Å². The average molecular weight is 271 g/mol. The van der Waals surface area contributed by atoms with Gasteiger partial charge in [-0.1, -0.05) is 45.9 Å². The molecular weight excluding hydrogens is 250 g/mol. The fourth-order valence-corrected chi connectivity index (χ4v) is 1.86. The van der Waals surface area contributed by atoms with Crippen molar-refractivity contribution in [2.24, 2.45) is 0 Å². The Bertz CT molecular complexity index is 567.